The summed E-state index contributed by atoms with van der Waals surface area (Å²) in [7, 11) is 0. The lowest BCUT2D eigenvalue weighted by Gasteiger charge is -2.10. The Kier molecular flexibility index (Phi) is 4.78. The van der Waals surface area contributed by atoms with Crippen LogP contribution in [-0.4, -0.2) is 20.2 Å². The van der Waals surface area contributed by atoms with E-state index in [9.17, 15) is 14.6 Å². The number of aromatic hydroxyl groups is 2. The summed E-state index contributed by atoms with van der Waals surface area (Å²) in [6.07, 6.45) is 0.990. The van der Waals surface area contributed by atoms with Gasteiger partial charge in [-0.1, -0.05) is 29.3 Å². The lowest BCUT2D eigenvalue weighted by molar-refractivity contribution is 0.475. The van der Waals surface area contributed by atoms with E-state index in [4.69, 9.17) is 23.2 Å². The number of hydrogen-bond donors (Lipinski definition) is 4. The summed E-state index contributed by atoms with van der Waals surface area (Å²) >= 11 is 11.7. The Hall–Kier alpha value is -2.77. The Labute approximate surface area is 151 Å². The van der Waals surface area contributed by atoms with E-state index in [0.29, 0.717) is 11.4 Å². The molecule has 0 spiro atoms. The highest BCUT2D eigenvalue weighted by atomic mass is 35.5. The van der Waals surface area contributed by atoms with E-state index in [1.165, 1.54) is 24.3 Å². The van der Waals surface area contributed by atoms with Crippen LogP contribution in [0.15, 0.2) is 42.6 Å². The highest BCUT2D eigenvalue weighted by Gasteiger charge is 2.11. The van der Waals surface area contributed by atoms with Crippen LogP contribution in [0.4, 0.5) is 27.5 Å². The van der Waals surface area contributed by atoms with E-state index in [2.05, 4.69) is 20.6 Å². The summed E-state index contributed by atoms with van der Waals surface area (Å²) in [6, 6.07) is 9.03. The predicted molar refractivity (Wildman–Crippen MR) is 94.8 cm³/mol. The van der Waals surface area contributed by atoms with Crippen LogP contribution in [0.2, 0.25) is 10.0 Å². The first kappa shape index (κ1) is 17.1. The average molecular weight is 381 g/mol. The molecule has 4 N–H and O–H groups in total. The molecule has 0 saturated carbocycles. The molecule has 0 bridgehead atoms. The molecule has 25 heavy (non-hydrogen) atoms. The summed E-state index contributed by atoms with van der Waals surface area (Å²) in [5.74, 6) is -0.872. The summed E-state index contributed by atoms with van der Waals surface area (Å²) in [6.45, 7) is 0. The number of nitrogens with zero attached hydrogens (tertiary/aromatic N) is 2. The molecule has 0 aliphatic heterocycles. The highest BCUT2D eigenvalue weighted by molar-refractivity contribution is 6.37. The maximum absolute atomic E-state index is 13.9. The zero-order chi connectivity index (χ0) is 18.0. The second-order valence-corrected chi connectivity index (χ2v) is 5.79. The van der Waals surface area contributed by atoms with Gasteiger partial charge in [-0.05, 0) is 24.3 Å². The van der Waals surface area contributed by atoms with Crippen LogP contribution >= 0.6 is 23.2 Å². The minimum Gasteiger partial charge on any atom is -0.508 e. The molecule has 9 heteroatoms. The summed E-state index contributed by atoms with van der Waals surface area (Å²) in [5.41, 5.74) is 0.877. The molecule has 0 unspecified atom stereocenters. The van der Waals surface area contributed by atoms with Crippen molar-refractivity contribution in [2.75, 3.05) is 10.6 Å². The van der Waals surface area contributed by atoms with Crippen LogP contribution in [0.5, 0.6) is 11.5 Å². The zero-order valence-electron chi connectivity index (χ0n) is 12.5. The molecule has 0 fully saturated rings. The van der Waals surface area contributed by atoms with E-state index in [1.807, 2.05) is 0 Å². The molecule has 0 aliphatic rings. The standard InChI is InChI=1S/C16H11Cl2FN4O2/c17-11-5-9(6-12(18)14(11)25)22-16-20-7-13(19)15(23-16)21-8-2-1-3-10(24)4-8/h1-7,24-25H,(H2,20,21,22,23). The van der Waals surface area contributed by atoms with E-state index in [-0.39, 0.29) is 33.3 Å². The largest absolute Gasteiger partial charge is 0.508 e. The van der Waals surface area contributed by atoms with Gasteiger partial charge in [0.2, 0.25) is 5.95 Å². The summed E-state index contributed by atoms with van der Waals surface area (Å²) in [5, 5.41) is 24.7. The molecule has 1 heterocycles. The van der Waals surface area contributed by atoms with E-state index >= 15 is 0 Å². The van der Waals surface area contributed by atoms with Gasteiger partial charge in [0, 0.05) is 17.4 Å². The van der Waals surface area contributed by atoms with Gasteiger partial charge in [-0.2, -0.15) is 4.98 Å². The van der Waals surface area contributed by atoms with Gasteiger partial charge in [-0.3, -0.25) is 0 Å². The zero-order valence-corrected chi connectivity index (χ0v) is 14.0. The first-order valence-corrected chi connectivity index (χ1v) is 7.71. The lowest BCUT2D eigenvalue weighted by atomic mass is 10.3. The Balaban J connectivity index is 1.86. The molecular formula is C16H11Cl2FN4O2. The van der Waals surface area contributed by atoms with Crippen molar-refractivity contribution in [2.45, 2.75) is 0 Å². The first-order valence-electron chi connectivity index (χ1n) is 6.96. The van der Waals surface area contributed by atoms with Gasteiger partial charge in [0.15, 0.2) is 17.4 Å². The lowest BCUT2D eigenvalue weighted by Crippen LogP contribution is -2.03. The number of phenols is 2. The van der Waals surface area contributed by atoms with Gasteiger partial charge in [0.05, 0.1) is 16.2 Å². The van der Waals surface area contributed by atoms with Crippen molar-refractivity contribution in [1.29, 1.82) is 0 Å². The molecule has 3 rings (SSSR count). The van der Waals surface area contributed by atoms with E-state index in [0.717, 1.165) is 6.20 Å². The molecule has 6 nitrogen and oxygen atoms in total. The minimum atomic E-state index is -0.671. The number of phenolic OH excluding ortho intramolecular Hbond substituents is 2. The third kappa shape index (κ3) is 4.01. The quantitative estimate of drug-likeness (QED) is 0.485. The molecule has 0 aliphatic carbocycles. The fraction of sp³-hybridized carbons (Fsp3) is 0. The van der Waals surface area contributed by atoms with Crippen LogP contribution in [0.3, 0.4) is 0 Å². The van der Waals surface area contributed by atoms with Crippen molar-refractivity contribution in [3.63, 3.8) is 0 Å². The smallest absolute Gasteiger partial charge is 0.229 e. The van der Waals surface area contributed by atoms with Gasteiger partial charge >= 0.3 is 0 Å². The monoisotopic (exact) mass is 380 g/mol. The number of hydrogen-bond acceptors (Lipinski definition) is 6. The van der Waals surface area contributed by atoms with Crippen molar-refractivity contribution in [2.24, 2.45) is 0 Å². The Morgan fingerprint density at radius 2 is 1.68 bits per heavy atom. The van der Waals surface area contributed by atoms with Crippen molar-refractivity contribution < 1.29 is 14.6 Å². The Morgan fingerprint density at radius 3 is 2.36 bits per heavy atom. The summed E-state index contributed by atoms with van der Waals surface area (Å²) < 4.78 is 13.9. The van der Waals surface area contributed by atoms with Gasteiger partial charge in [-0.25, -0.2) is 9.37 Å². The number of nitrogens with one attached hydrogen (secondary N) is 2. The minimum absolute atomic E-state index is 0.0335. The predicted octanol–water partition coefficient (Wildman–Crippen LogP) is 4.82. The van der Waals surface area contributed by atoms with Crippen LogP contribution in [-0.2, 0) is 0 Å². The maximum atomic E-state index is 13.9. The maximum Gasteiger partial charge on any atom is 0.229 e. The molecule has 0 radical (unpaired) electrons. The highest BCUT2D eigenvalue weighted by Crippen LogP contribution is 2.35. The number of aromatic nitrogens is 2. The molecular weight excluding hydrogens is 370 g/mol. The van der Waals surface area contributed by atoms with Crippen molar-refractivity contribution in [3.8, 4) is 11.5 Å². The Bertz CT molecular complexity index is 917. The van der Waals surface area contributed by atoms with Crippen LogP contribution in [0.1, 0.15) is 0 Å². The van der Waals surface area contributed by atoms with E-state index in [1.54, 1.807) is 12.1 Å². The van der Waals surface area contributed by atoms with Crippen LogP contribution in [0, 0.1) is 5.82 Å². The number of anilines is 4. The molecule has 1 aromatic heterocycles. The summed E-state index contributed by atoms with van der Waals surface area (Å²) in [4.78, 5) is 7.88. The van der Waals surface area contributed by atoms with Crippen molar-refractivity contribution in [1.82, 2.24) is 9.97 Å². The topological polar surface area (TPSA) is 90.3 Å². The fourth-order valence-corrected chi connectivity index (χ4v) is 2.49. The van der Waals surface area contributed by atoms with Crippen molar-refractivity contribution in [3.05, 3.63) is 58.5 Å². The molecule has 2 aromatic carbocycles. The average Bonchev–Trinajstić information content (AvgIpc) is 2.56. The number of rotatable bonds is 4. The second kappa shape index (κ2) is 7.00. The SMILES string of the molecule is Oc1cccc(Nc2nc(Nc3cc(Cl)c(O)c(Cl)c3)ncc2F)c1. The third-order valence-electron chi connectivity index (χ3n) is 3.13. The van der Waals surface area contributed by atoms with Gasteiger partial charge in [0.1, 0.15) is 5.75 Å². The third-order valence-corrected chi connectivity index (χ3v) is 3.70. The van der Waals surface area contributed by atoms with Crippen LogP contribution in [0.25, 0.3) is 0 Å². The van der Waals surface area contributed by atoms with Gasteiger partial charge in [0.25, 0.3) is 0 Å². The molecule has 3 aromatic rings. The molecule has 128 valence electrons. The van der Waals surface area contributed by atoms with E-state index < -0.39 is 5.82 Å². The number of benzene rings is 2. The second-order valence-electron chi connectivity index (χ2n) is 4.98. The van der Waals surface area contributed by atoms with Crippen LogP contribution < -0.4 is 10.6 Å². The van der Waals surface area contributed by atoms with Crippen molar-refractivity contribution >= 4 is 46.3 Å². The molecule has 0 amide bonds. The Morgan fingerprint density at radius 1 is 0.960 bits per heavy atom. The normalized spacial score (nSPS) is 10.5. The van der Waals surface area contributed by atoms with Gasteiger partial charge < -0.3 is 20.8 Å². The first-order chi connectivity index (χ1) is 11.9. The number of halogens is 3. The van der Waals surface area contributed by atoms with Gasteiger partial charge in [-0.15, -0.1) is 0 Å². The fourth-order valence-electron chi connectivity index (χ4n) is 2.00. The molecule has 0 saturated heterocycles. The molecule has 0 atom stereocenters.